The van der Waals surface area contributed by atoms with Gasteiger partial charge in [0.15, 0.2) is 9.84 Å². The number of hydrogen-bond acceptors (Lipinski definition) is 6. The van der Waals surface area contributed by atoms with E-state index in [4.69, 9.17) is 9.15 Å². The van der Waals surface area contributed by atoms with Crippen molar-refractivity contribution in [3.63, 3.8) is 0 Å². The Morgan fingerprint density at radius 1 is 1.21 bits per heavy atom. The van der Waals surface area contributed by atoms with E-state index in [1.54, 1.807) is 38.3 Å². The maximum absolute atomic E-state index is 13.5. The molecule has 1 aromatic heterocycles. The standard InChI is InChI=1S/C20H19FN2O5S/c1-13-3-6-15(9-18(13)21)22-19(24)12-29(25,26)11-16-10-28-20(23-16)14-4-7-17(27-2)8-5-14/h3-10H,11-12H2,1-2H3,(H,22,24). The molecule has 0 fully saturated rings. The predicted octanol–water partition coefficient (Wildman–Crippen LogP) is 3.35. The van der Waals surface area contributed by atoms with Crippen LogP contribution in [0, 0.1) is 12.7 Å². The lowest BCUT2D eigenvalue weighted by atomic mass is 10.2. The first-order valence-corrected chi connectivity index (χ1v) is 10.4. The lowest BCUT2D eigenvalue weighted by molar-refractivity contribution is -0.113. The summed E-state index contributed by atoms with van der Waals surface area (Å²) < 4.78 is 48.6. The topological polar surface area (TPSA) is 98.5 Å². The van der Waals surface area contributed by atoms with Crippen molar-refractivity contribution in [3.05, 3.63) is 65.8 Å². The first kappa shape index (κ1) is 20.5. The maximum atomic E-state index is 13.5. The van der Waals surface area contributed by atoms with E-state index in [0.717, 1.165) is 6.07 Å². The summed E-state index contributed by atoms with van der Waals surface area (Å²) in [6.07, 6.45) is 1.24. The van der Waals surface area contributed by atoms with Crippen molar-refractivity contribution in [2.24, 2.45) is 0 Å². The molecule has 2 aromatic carbocycles. The summed E-state index contributed by atoms with van der Waals surface area (Å²) in [4.78, 5) is 16.2. The second-order valence-corrected chi connectivity index (χ2v) is 8.48. The number of aryl methyl sites for hydroxylation is 1. The first-order valence-electron chi connectivity index (χ1n) is 8.61. The summed E-state index contributed by atoms with van der Waals surface area (Å²) in [5.74, 6) is -1.53. The highest BCUT2D eigenvalue weighted by Gasteiger charge is 2.20. The molecule has 29 heavy (non-hydrogen) atoms. The number of halogens is 1. The average Bonchev–Trinajstić information content (AvgIpc) is 3.12. The molecule has 1 amide bonds. The van der Waals surface area contributed by atoms with Gasteiger partial charge in [0.2, 0.25) is 11.8 Å². The smallest absolute Gasteiger partial charge is 0.239 e. The summed E-state index contributed by atoms with van der Waals surface area (Å²) in [5.41, 5.74) is 1.46. The van der Waals surface area contributed by atoms with Gasteiger partial charge in [0.1, 0.15) is 23.6 Å². The minimum absolute atomic E-state index is 0.185. The first-order chi connectivity index (χ1) is 13.8. The number of benzene rings is 2. The second-order valence-electron chi connectivity index (χ2n) is 6.42. The fourth-order valence-corrected chi connectivity index (χ4v) is 3.74. The number of nitrogens with zero attached hydrogens (tertiary/aromatic N) is 1. The number of rotatable bonds is 7. The molecular formula is C20H19FN2O5S. The highest BCUT2D eigenvalue weighted by atomic mass is 32.2. The minimum Gasteiger partial charge on any atom is -0.497 e. The summed E-state index contributed by atoms with van der Waals surface area (Å²) in [6.45, 7) is 1.59. The molecule has 0 saturated carbocycles. The quantitative estimate of drug-likeness (QED) is 0.632. The number of carbonyl (C=O) groups excluding carboxylic acids is 1. The molecule has 1 N–H and O–H groups in total. The van der Waals surface area contributed by atoms with Crippen molar-refractivity contribution >= 4 is 21.4 Å². The molecule has 3 aromatic rings. The highest BCUT2D eigenvalue weighted by Crippen LogP contribution is 2.22. The van der Waals surface area contributed by atoms with Gasteiger partial charge in [-0.15, -0.1) is 0 Å². The SMILES string of the molecule is COc1ccc(-c2nc(CS(=O)(=O)CC(=O)Nc3ccc(C)c(F)c3)co2)cc1. The van der Waals surface area contributed by atoms with Crippen LogP contribution in [0.4, 0.5) is 10.1 Å². The maximum Gasteiger partial charge on any atom is 0.239 e. The van der Waals surface area contributed by atoms with Crippen LogP contribution in [0.5, 0.6) is 5.75 Å². The van der Waals surface area contributed by atoms with Crippen LogP contribution in [0.15, 0.2) is 53.1 Å². The molecule has 7 nitrogen and oxygen atoms in total. The van der Waals surface area contributed by atoms with E-state index < -0.39 is 33.1 Å². The molecule has 0 aliphatic carbocycles. The number of hydrogen-bond donors (Lipinski definition) is 1. The molecule has 0 aliphatic heterocycles. The Kier molecular flexibility index (Phi) is 5.97. The van der Waals surface area contributed by atoms with Crippen molar-refractivity contribution in [1.29, 1.82) is 0 Å². The highest BCUT2D eigenvalue weighted by molar-refractivity contribution is 7.91. The van der Waals surface area contributed by atoms with Crippen molar-refractivity contribution in [1.82, 2.24) is 4.98 Å². The molecule has 0 bridgehead atoms. The zero-order chi connectivity index (χ0) is 21.0. The molecule has 0 atom stereocenters. The Hall–Kier alpha value is -3.20. The lowest BCUT2D eigenvalue weighted by Crippen LogP contribution is -2.24. The molecule has 1 heterocycles. The number of ether oxygens (including phenoxy) is 1. The molecule has 152 valence electrons. The van der Waals surface area contributed by atoms with Gasteiger partial charge in [-0.3, -0.25) is 4.79 Å². The molecule has 3 rings (SSSR count). The van der Waals surface area contributed by atoms with Crippen molar-refractivity contribution < 1.29 is 26.8 Å². The van der Waals surface area contributed by atoms with E-state index in [2.05, 4.69) is 10.3 Å². The van der Waals surface area contributed by atoms with E-state index in [9.17, 15) is 17.6 Å². The van der Waals surface area contributed by atoms with E-state index >= 15 is 0 Å². The van der Waals surface area contributed by atoms with Crippen LogP contribution in [0.1, 0.15) is 11.3 Å². The van der Waals surface area contributed by atoms with Crippen molar-refractivity contribution in [2.75, 3.05) is 18.2 Å². The van der Waals surface area contributed by atoms with E-state index in [1.807, 2.05) is 0 Å². The zero-order valence-electron chi connectivity index (χ0n) is 15.8. The van der Waals surface area contributed by atoms with Crippen LogP contribution < -0.4 is 10.1 Å². The van der Waals surface area contributed by atoms with Gasteiger partial charge in [-0.2, -0.15) is 0 Å². The third kappa shape index (κ3) is 5.41. The number of sulfone groups is 1. The number of methoxy groups -OCH3 is 1. The average molecular weight is 418 g/mol. The second kappa shape index (κ2) is 8.44. The molecule has 0 aliphatic rings. The van der Waals surface area contributed by atoms with Crippen LogP contribution in [0.25, 0.3) is 11.5 Å². The Bertz CT molecular complexity index is 1120. The van der Waals surface area contributed by atoms with E-state index in [0.29, 0.717) is 16.9 Å². The molecule has 0 radical (unpaired) electrons. The third-order valence-corrected chi connectivity index (χ3v) is 5.50. The number of aromatic nitrogens is 1. The summed E-state index contributed by atoms with van der Waals surface area (Å²) in [6, 6.07) is 11.1. The van der Waals surface area contributed by atoms with Gasteiger partial charge < -0.3 is 14.5 Å². The molecule has 9 heteroatoms. The van der Waals surface area contributed by atoms with Crippen LogP contribution in [-0.4, -0.2) is 32.2 Å². The summed E-state index contributed by atoms with van der Waals surface area (Å²) >= 11 is 0. The summed E-state index contributed by atoms with van der Waals surface area (Å²) in [5, 5.41) is 2.38. The molecule has 0 saturated heterocycles. The van der Waals surface area contributed by atoms with Crippen LogP contribution in [0.2, 0.25) is 0 Å². The molecule has 0 unspecified atom stereocenters. The lowest BCUT2D eigenvalue weighted by Gasteiger charge is -2.06. The Morgan fingerprint density at radius 2 is 1.93 bits per heavy atom. The van der Waals surface area contributed by atoms with E-state index in [1.165, 1.54) is 18.4 Å². The number of carbonyl (C=O) groups is 1. The van der Waals surface area contributed by atoms with Crippen LogP contribution in [-0.2, 0) is 20.4 Å². The van der Waals surface area contributed by atoms with Crippen LogP contribution in [0.3, 0.4) is 0 Å². The predicted molar refractivity (Wildman–Crippen MR) is 106 cm³/mol. The van der Waals surface area contributed by atoms with Gasteiger partial charge in [-0.05, 0) is 48.9 Å². The van der Waals surface area contributed by atoms with Crippen molar-refractivity contribution in [2.45, 2.75) is 12.7 Å². The number of oxazole rings is 1. The van der Waals surface area contributed by atoms with Gasteiger partial charge in [0.25, 0.3) is 0 Å². The fourth-order valence-electron chi connectivity index (χ4n) is 2.58. The fraction of sp³-hybridized carbons (Fsp3) is 0.200. The third-order valence-electron chi connectivity index (χ3n) is 4.06. The Morgan fingerprint density at radius 3 is 2.59 bits per heavy atom. The Labute approximate surface area is 167 Å². The van der Waals surface area contributed by atoms with Crippen molar-refractivity contribution in [3.8, 4) is 17.2 Å². The van der Waals surface area contributed by atoms with Gasteiger partial charge in [-0.25, -0.2) is 17.8 Å². The number of nitrogens with one attached hydrogen (secondary N) is 1. The summed E-state index contributed by atoms with van der Waals surface area (Å²) in [7, 11) is -2.25. The normalized spacial score (nSPS) is 11.3. The minimum atomic E-state index is -3.80. The number of anilines is 1. The largest absolute Gasteiger partial charge is 0.497 e. The molecular weight excluding hydrogens is 399 g/mol. The zero-order valence-corrected chi connectivity index (χ0v) is 16.6. The molecule has 0 spiro atoms. The van der Waals surface area contributed by atoms with Gasteiger partial charge in [0, 0.05) is 11.3 Å². The van der Waals surface area contributed by atoms with Gasteiger partial charge in [0.05, 0.1) is 18.6 Å². The Balaban J connectivity index is 1.63. The number of amides is 1. The van der Waals surface area contributed by atoms with Gasteiger partial charge in [-0.1, -0.05) is 6.07 Å². The van der Waals surface area contributed by atoms with E-state index in [-0.39, 0.29) is 17.3 Å². The monoisotopic (exact) mass is 418 g/mol. The van der Waals surface area contributed by atoms with Crippen LogP contribution >= 0.6 is 0 Å². The van der Waals surface area contributed by atoms with Gasteiger partial charge >= 0.3 is 0 Å².